The van der Waals surface area contributed by atoms with Gasteiger partial charge in [-0.15, -0.1) is 0 Å². The van der Waals surface area contributed by atoms with Gasteiger partial charge in [-0.2, -0.15) is 0 Å². The Balaban J connectivity index is 2.34. The van der Waals surface area contributed by atoms with Crippen LogP contribution in [0.3, 0.4) is 0 Å². The lowest BCUT2D eigenvalue weighted by Gasteiger charge is -2.05. The van der Waals surface area contributed by atoms with E-state index in [1.165, 1.54) is 0 Å². The zero-order valence-electron chi connectivity index (χ0n) is 8.86. The van der Waals surface area contributed by atoms with Crippen LogP contribution < -0.4 is 4.74 Å². The second-order valence-corrected chi connectivity index (χ2v) is 3.36. The van der Waals surface area contributed by atoms with Crippen LogP contribution in [0.1, 0.15) is 5.69 Å². The van der Waals surface area contributed by atoms with Gasteiger partial charge in [0.15, 0.2) is 6.79 Å². The van der Waals surface area contributed by atoms with Crippen LogP contribution in [0.4, 0.5) is 0 Å². The van der Waals surface area contributed by atoms with E-state index in [0.29, 0.717) is 0 Å². The summed E-state index contributed by atoms with van der Waals surface area (Å²) in [4.78, 5) is 4.41. The molecule has 78 valence electrons. The van der Waals surface area contributed by atoms with Crippen molar-refractivity contribution in [3.63, 3.8) is 0 Å². The molecule has 0 saturated carbocycles. The Morgan fingerprint density at radius 3 is 2.87 bits per heavy atom. The van der Waals surface area contributed by atoms with Crippen molar-refractivity contribution in [2.75, 3.05) is 13.9 Å². The molecule has 0 atom stereocenters. The molecule has 0 aliphatic rings. The number of methoxy groups -OCH3 is 1. The third kappa shape index (κ3) is 2.25. The number of pyridine rings is 1. The third-order valence-electron chi connectivity index (χ3n) is 2.14. The molecular formula is C12H13NO2. The van der Waals surface area contributed by atoms with Gasteiger partial charge in [0.05, 0.1) is 5.52 Å². The number of hydrogen-bond donors (Lipinski definition) is 0. The van der Waals surface area contributed by atoms with Crippen LogP contribution in [0.25, 0.3) is 10.9 Å². The molecule has 0 amide bonds. The zero-order chi connectivity index (χ0) is 10.7. The number of fused-ring (bicyclic) bond motifs is 1. The molecule has 3 heteroatoms. The maximum Gasteiger partial charge on any atom is 0.188 e. The quantitative estimate of drug-likeness (QED) is 0.718. The van der Waals surface area contributed by atoms with Crippen molar-refractivity contribution in [3.8, 4) is 5.75 Å². The van der Waals surface area contributed by atoms with Gasteiger partial charge >= 0.3 is 0 Å². The number of aromatic nitrogens is 1. The highest BCUT2D eigenvalue weighted by Crippen LogP contribution is 2.19. The lowest BCUT2D eigenvalue weighted by Crippen LogP contribution is -1.98. The normalized spacial score (nSPS) is 10.5. The van der Waals surface area contributed by atoms with Crippen LogP contribution >= 0.6 is 0 Å². The fourth-order valence-corrected chi connectivity index (χ4v) is 1.42. The monoisotopic (exact) mass is 203 g/mol. The molecule has 0 saturated heterocycles. The average molecular weight is 203 g/mol. The van der Waals surface area contributed by atoms with Crippen molar-refractivity contribution >= 4 is 10.9 Å². The summed E-state index contributed by atoms with van der Waals surface area (Å²) in [5.74, 6) is 0.801. The van der Waals surface area contributed by atoms with Crippen LogP contribution in [0.5, 0.6) is 5.75 Å². The maximum atomic E-state index is 5.34. The van der Waals surface area contributed by atoms with E-state index in [0.717, 1.165) is 22.3 Å². The fourth-order valence-electron chi connectivity index (χ4n) is 1.42. The van der Waals surface area contributed by atoms with Gasteiger partial charge in [0, 0.05) is 18.2 Å². The standard InChI is InChI=1S/C12H13NO2/c1-9-3-4-10-7-11(15-8-14-2)5-6-12(10)13-9/h3-7H,8H2,1-2H3. The van der Waals surface area contributed by atoms with E-state index < -0.39 is 0 Å². The predicted octanol–water partition coefficient (Wildman–Crippen LogP) is 2.53. The van der Waals surface area contributed by atoms with Gasteiger partial charge in [-0.05, 0) is 31.2 Å². The fraction of sp³-hybridized carbons (Fsp3) is 0.250. The number of benzene rings is 1. The summed E-state index contributed by atoms with van der Waals surface area (Å²) in [6.45, 7) is 2.25. The highest BCUT2D eigenvalue weighted by molar-refractivity contribution is 5.80. The highest BCUT2D eigenvalue weighted by Gasteiger charge is 1.98. The van der Waals surface area contributed by atoms with Gasteiger partial charge in [0.2, 0.25) is 0 Å². The summed E-state index contributed by atoms with van der Waals surface area (Å²) in [5, 5.41) is 1.08. The molecule has 3 nitrogen and oxygen atoms in total. The summed E-state index contributed by atoms with van der Waals surface area (Å²) < 4.78 is 10.2. The van der Waals surface area contributed by atoms with Crippen LogP contribution in [0.2, 0.25) is 0 Å². The number of rotatable bonds is 3. The van der Waals surface area contributed by atoms with Gasteiger partial charge in [-0.25, -0.2) is 0 Å². The molecule has 0 N–H and O–H groups in total. The predicted molar refractivity (Wildman–Crippen MR) is 59.0 cm³/mol. The van der Waals surface area contributed by atoms with Crippen LogP contribution in [0.15, 0.2) is 30.3 Å². The van der Waals surface area contributed by atoms with Gasteiger partial charge in [-0.1, -0.05) is 6.07 Å². The van der Waals surface area contributed by atoms with Crippen LogP contribution in [0, 0.1) is 6.92 Å². The molecule has 2 rings (SSSR count). The largest absolute Gasteiger partial charge is 0.468 e. The van der Waals surface area contributed by atoms with Crippen LogP contribution in [-0.4, -0.2) is 18.9 Å². The van der Waals surface area contributed by atoms with E-state index >= 15 is 0 Å². The number of aryl methyl sites for hydroxylation is 1. The number of hydrogen-bond acceptors (Lipinski definition) is 3. The lowest BCUT2D eigenvalue weighted by atomic mass is 10.2. The second-order valence-electron chi connectivity index (χ2n) is 3.36. The first-order chi connectivity index (χ1) is 7.29. The number of nitrogens with zero attached hydrogens (tertiary/aromatic N) is 1. The summed E-state index contributed by atoms with van der Waals surface area (Å²) in [5.41, 5.74) is 2.01. The third-order valence-corrected chi connectivity index (χ3v) is 2.14. The minimum atomic E-state index is 0.269. The Hall–Kier alpha value is -1.61. The second kappa shape index (κ2) is 4.28. The van der Waals surface area contributed by atoms with Crippen molar-refractivity contribution in [2.45, 2.75) is 6.92 Å². The Bertz CT molecular complexity index is 468. The van der Waals surface area contributed by atoms with Crippen molar-refractivity contribution in [2.24, 2.45) is 0 Å². The van der Waals surface area contributed by atoms with Gasteiger partial charge in [0.1, 0.15) is 5.75 Å². The van der Waals surface area contributed by atoms with E-state index in [4.69, 9.17) is 9.47 Å². The summed E-state index contributed by atoms with van der Waals surface area (Å²) >= 11 is 0. The van der Waals surface area contributed by atoms with Crippen molar-refractivity contribution in [3.05, 3.63) is 36.0 Å². The highest BCUT2D eigenvalue weighted by atomic mass is 16.7. The first kappa shape index (κ1) is 9.93. The molecule has 0 aliphatic heterocycles. The first-order valence-corrected chi connectivity index (χ1v) is 4.79. The smallest absolute Gasteiger partial charge is 0.188 e. The molecule has 0 spiro atoms. The Morgan fingerprint density at radius 2 is 2.07 bits per heavy atom. The summed E-state index contributed by atoms with van der Waals surface area (Å²) in [7, 11) is 1.60. The van der Waals surface area contributed by atoms with Gasteiger partial charge < -0.3 is 9.47 Å². The molecule has 1 heterocycles. The summed E-state index contributed by atoms with van der Waals surface area (Å²) in [6.07, 6.45) is 0. The van der Waals surface area contributed by atoms with Gasteiger partial charge in [-0.3, -0.25) is 4.98 Å². The molecule has 1 aromatic heterocycles. The molecule has 0 fully saturated rings. The molecule has 0 unspecified atom stereocenters. The zero-order valence-corrected chi connectivity index (χ0v) is 8.86. The summed E-state index contributed by atoms with van der Waals surface area (Å²) in [6, 6.07) is 9.83. The average Bonchev–Trinajstić information content (AvgIpc) is 2.26. The minimum Gasteiger partial charge on any atom is -0.468 e. The molecule has 0 radical (unpaired) electrons. The Labute approximate surface area is 88.7 Å². The maximum absolute atomic E-state index is 5.34. The molecule has 2 aromatic rings. The van der Waals surface area contributed by atoms with E-state index in [1.54, 1.807) is 7.11 Å². The van der Waals surface area contributed by atoms with Crippen molar-refractivity contribution in [1.82, 2.24) is 4.98 Å². The van der Waals surface area contributed by atoms with Crippen molar-refractivity contribution in [1.29, 1.82) is 0 Å². The molecule has 0 bridgehead atoms. The minimum absolute atomic E-state index is 0.269. The first-order valence-electron chi connectivity index (χ1n) is 4.79. The molecule has 0 aliphatic carbocycles. The topological polar surface area (TPSA) is 31.4 Å². The van der Waals surface area contributed by atoms with E-state index in [2.05, 4.69) is 4.98 Å². The molecule has 15 heavy (non-hydrogen) atoms. The Kier molecular flexibility index (Phi) is 2.83. The molecule has 1 aromatic carbocycles. The van der Waals surface area contributed by atoms with E-state index in [-0.39, 0.29) is 6.79 Å². The van der Waals surface area contributed by atoms with Crippen molar-refractivity contribution < 1.29 is 9.47 Å². The van der Waals surface area contributed by atoms with Crippen LogP contribution in [-0.2, 0) is 4.74 Å². The Morgan fingerprint density at radius 1 is 1.20 bits per heavy atom. The van der Waals surface area contributed by atoms with E-state index in [1.807, 2.05) is 37.3 Å². The lowest BCUT2D eigenvalue weighted by molar-refractivity contribution is 0.0512. The SMILES string of the molecule is COCOc1ccc2nc(C)ccc2c1. The van der Waals surface area contributed by atoms with E-state index in [9.17, 15) is 0 Å². The molecular weight excluding hydrogens is 190 g/mol. The van der Waals surface area contributed by atoms with Gasteiger partial charge in [0.25, 0.3) is 0 Å². The number of ether oxygens (including phenoxy) is 2.